The summed E-state index contributed by atoms with van der Waals surface area (Å²) in [7, 11) is 0. The van der Waals surface area contributed by atoms with Crippen LogP contribution in [0.1, 0.15) is 24.5 Å². The summed E-state index contributed by atoms with van der Waals surface area (Å²) < 4.78 is 5.37. The number of nitrogens with zero attached hydrogens (tertiary/aromatic N) is 1. The average molecular weight is 410 g/mol. The van der Waals surface area contributed by atoms with Crippen molar-refractivity contribution in [2.75, 3.05) is 11.9 Å². The summed E-state index contributed by atoms with van der Waals surface area (Å²) in [5.41, 5.74) is 3.13. The Morgan fingerprint density at radius 1 is 1.17 bits per heavy atom. The molecule has 0 radical (unpaired) electrons. The maximum absolute atomic E-state index is 12.7. The molecule has 0 saturated carbocycles. The van der Waals surface area contributed by atoms with Gasteiger partial charge in [0.05, 0.1) is 17.4 Å². The minimum Gasteiger partial charge on any atom is -0.452 e. The summed E-state index contributed by atoms with van der Waals surface area (Å²) in [6.45, 7) is 2.72. The van der Waals surface area contributed by atoms with Crippen molar-refractivity contribution in [1.82, 2.24) is 4.90 Å². The van der Waals surface area contributed by atoms with E-state index >= 15 is 0 Å². The van der Waals surface area contributed by atoms with Crippen molar-refractivity contribution in [3.05, 3.63) is 59.7 Å². The number of rotatable bonds is 4. The second-order valence-corrected chi connectivity index (χ2v) is 8.45. The molecule has 4 rings (SSSR count). The molecule has 2 aliphatic heterocycles. The van der Waals surface area contributed by atoms with Gasteiger partial charge < -0.3 is 15.0 Å². The van der Waals surface area contributed by atoms with Crippen molar-refractivity contribution in [2.45, 2.75) is 42.6 Å². The number of thioether (sulfide) groups is 1. The number of benzene rings is 2. The highest BCUT2D eigenvalue weighted by Crippen LogP contribution is 2.36. The van der Waals surface area contributed by atoms with Crippen LogP contribution >= 0.6 is 11.8 Å². The van der Waals surface area contributed by atoms with Crippen molar-refractivity contribution in [3.8, 4) is 0 Å². The highest BCUT2D eigenvalue weighted by Gasteiger charge is 2.32. The zero-order chi connectivity index (χ0) is 20.4. The van der Waals surface area contributed by atoms with Gasteiger partial charge in [-0.3, -0.25) is 14.4 Å². The van der Waals surface area contributed by atoms with Gasteiger partial charge in [-0.2, -0.15) is 0 Å². The summed E-state index contributed by atoms with van der Waals surface area (Å²) in [5, 5.41) is 2.24. The van der Waals surface area contributed by atoms with Gasteiger partial charge >= 0.3 is 5.97 Å². The van der Waals surface area contributed by atoms with E-state index in [0.717, 1.165) is 22.6 Å². The van der Waals surface area contributed by atoms with Crippen molar-refractivity contribution in [1.29, 1.82) is 0 Å². The van der Waals surface area contributed by atoms with E-state index in [1.54, 1.807) is 11.8 Å². The van der Waals surface area contributed by atoms with E-state index in [4.69, 9.17) is 4.74 Å². The number of anilines is 1. The molecular weight excluding hydrogens is 388 g/mol. The van der Waals surface area contributed by atoms with E-state index in [0.29, 0.717) is 13.1 Å². The molecule has 2 aliphatic rings. The fourth-order valence-corrected chi connectivity index (χ4v) is 4.71. The molecule has 0 aliphatic carbocycles. The Kier molecular flexibility index (Phi) is 5.58. The predicted octanol–water partition coefficient (Wildman–Crippen LogP) is 3.01. The molecule has 2 aromatic carbocycles. The highest BCUT2D eigenvalue weighted by atomic mass is 32.2. The third-order valence-electron chi connectivity index (χ3n) is 5.16. The average Bonchev–Trinajstić information content (AvgIpc) is 2.73. The predicted molar refractivity (Wildman–Crippen MR) is 110 cm³/mol. The molecule has 0 unspecified atom stereocenters. The minimum absolute atomic E-state index is 0.0781. The van der Waals surface area contributed by atoms with Gasteiger partial charge in [0.25, 0.3) is 5.91 Å². The van der Waals surface area contributed by atoms with Crippen LogP contribution in [-0.2, 0) is 32.1 Å². The number of hydrogen-bond donors (Lipinski definition) is 1. The molecule has 7 heteroatoms. The van der Waals surface area contributed by atoms with Gasteiger partial charge in [0.1, 0.15) is 0 Å². The fourth-order valence-electron chi connectivity index (χ4n) is 3.62. The van der Waals surface area contributed by atoms with Crippen molar-refractivity contribution >= 4 is 35.2 Å². The number of nitrogens with one attached hydrogen (secondary N) is 1. The molecular formula is C22H22N2O4S. The number of ether oxygens (including phenoxy) is 1. The lowest BCUT2D eigenvalue weighted by Gasteiger charge is -2.31. The summed E-state index contributed by atoms with van der Waals surface area (Å²) >= 11 is 1.34. The lowest BCUT2D eigenvalue weighted by Crippen LogP contribution is -2.43. The molecule has 2 atom stereocenters. The van der Waals surface area contributed by atoms with Gasteiger partial charge in [-0.1, -0.05) is 36.4 Å². The first-order chi connectivity index (χ1) is 14.0. The van der Waals surface area contributed by atoms with Gasteiger partial charge in [-0.05, 0) is 36.6 Å². The summed E-state index contributed by atoms with van der Waals surface area (Å²) in [6, 6.07) is 15.5. The molecule has 2 amide bonds. The summed E-state index contributed by atoms with van der Waals surface area (Å²) in [5.74, 6) is -0.980. The van der Waals surface area contributed by atoms with Crippen LogP contribution in [0.5, 0.6) is 0 Å². The van der Waals surface area contributed by atoms with E-state index < -0.39 is 17.3 Å². The summed E-state index contributed by atoms with van der Waals surface area (Å²) in [4.78, 5) is 40.0. The Morgan fingerprint density at radius 2 is 1.90 bits per heavy atom. The molecule has 1 N–H and O–H groups in total. The second-order valence-electron chi connectivity index (χ2n) is 7.21. The van der Waals surface area contributed by atoms with Crippen LogP contribution in [-0.4, -0.2) is 40.6 Å². The number of esters is 1. The first kappa shape index (κ1) is 19.5. The molecule has 150 valence electrons. The van der Waals surface area contributed by atoms with Crippen LogP contribution in [0.15, 0.2) is 53.4 Å². The van der Waals surface area contributed by atoms with Crippen LogP contribution in [0.3, 0.4) is 0 Å². The zero-order valence-electron chi connectivity index (χ0n) is 16.1. The molecule has 0 fully saturated rings. The van der Waals surface area contributed by atoms with Crippen LogP contribution in [0.4, 0.5) is 5.69 Å². The second kappa shape index (κ2) is 8.29. The van der Waals surface area contributed by atoms with Gasteiger partial charge in [0, 0.05) is 18.0 Å². The Balaban J connectivity index is 1.33. The molecule has 2 heterocycles. The van der Waals surface area contributed by atoms with Gasteiger partial charge in [-0.15, -0.1) is 11.8 Å². The van der Waals surface area contributed by atoms with E-state index in [9.17, 15) is 14.4 Å². The molecule has 0 aromatic heterocycles. The van der Waals surface area contributed by atoms with Crippen molar-refractivity contribution < 1.29 is 19.1 Å². The monoisotopic (exact) mass is 410 g/mol. The number of hydrogen-bond acceptors (Lipinski definition) is 5. The number of carbonyl (C=O) groups excluding carboxylic acids is 3. The molecule has 2 aromatic rings. The van der Waals surface area contributed by atoms with E-state index in [2.05, 4.69) is 11.4 Å². The Morgan fingerprint density at radius 3 is 2.72 bits per heavy atom. The number of carbonyl (C=O) groups is 3. The third-order valence-corrected chi connectivity index (χ3v) is 6.43. The van der Waals surface area contributed by atoms with Gasteiger partial charge in [0.2, 0.25) is 5.91 Å². The smallest absolute Gasteiger partial charge is 0.308 e. The lowest BCUT2D eigenvalue weighted by molar-refractivity contribution is -0.159. The number of para-hydroxylation sites is 1. The Bertz CT molecular complexity index is 961. The van der Waals surface area contributed by atoms with Crippen molar-refractivity contribution in [3.63, 3.8) is 0 Å². The van der Waals surface area contributed by atoms with Crippen LogP contribution in [0, 0.1) is 0 Å². The van der Waals surface area contributed by atoms with Crippen LogP contribution < -0.4 is 5.32 Å². The molecule has 29 heavy (non-hydrogen) atoms. The number of fused-ring (bicyclic) bond motifs is 2. The molecule has 0 saturated heterocycles. The normalized spacial score (nSPS) is 18.9. The summed E-state index contributed by atoms with van der Waals surface area (Å²) in [6.07, 6.45) is -0.164. The first-order valence-electron chi connectivity index (χ1n) is 9.63. The topological polar surface area (TPSA) is 75.7 Å². The Hall–Kier alpha value is -2.80. The van der Waals surface area contributed by atoms with E-state index in [1.807, 2.05) is 42.5 Å². The largest absolute Gasteiger partial charge is 0.452 e. The van der Waals surface area contributed by atoms with E-state index in [1.165, 1.54) is 17.3 Å². The number of amides is 2. The maximum Gasteiger partial charge on any atom is 0.308 e. The first-order valence-corrected chi connectivity index (χ1v) is 10.5. The minimum atomic E-state index is -0.878. The Labute approximate surface area is 173 Å². The van der Waals surface area contributed by atoms with Crippen LogP contribution in [0.25, 0.3) is 0 Å². The maximum atomic E-state index is 12.7. The van der Waals surface area contributed by atoms with Crippen molar-refractivity contribution in [2.24, 2.45) is 0 Å². The van der Waals surface area contributed by atoms with Gasteiger partial charge in [0.15, 0.2) is 6.10 Å². The highest BCUT2D eigenvalue weighted by molar-refractivity contribution is 8.01. The molecule has 6 nitrogen and oxygen atoms in total. The molecule has 0 spiro atoms. The zero-order valence-corrected chi connectivity index (χ0v) is 16.9. The van der Waals surface area contributed by atoms with Gasteiger partial charge in [-0.25, -0.2) is 0 Å². The standard InChI is InChI=1S/C22H22N2O4S/c1-14(22(27)24-11-10-15-6-2-3-7-16(15)13-24)28-20(25)12-19-21(26)23-17-8-4-5-9-18(17)29-19/h2-9,14,19H,10-13H2,1H3,(H,23,26)/t14-,19-/m0/s1. The lowest BCUT2D eigenvalue weighted by atomic mass is 9.99. The van der Waals surface area contributed by atoms with E-state index in [-0.39, 0.29) is 18.2 Å². The third kappa shape index (κ3) is 4.29. The van der Waals surface area contributed by atoms with Crippen LogP contribution in [0.2, 0.25) is 0 Å². The molecule has 0 bridgehead atoms. The fraction of sp³-hybridized carbons (Fsp3) is 0.318. The SMILES string of the molecule is C[C@H](OC(=O)C[C@@H]1Sc2ccccc2NC1=O)C(=O)N1CCc2ccccc2C1. The quantitative estimate of drug-likeness (QED) is 0.785.